The molecule has 7 heteroatoms. The fourth-order valence-corrected chi connectivity index (χ4v) is 3.35. The lowest BCUT2D eigenvalue weighted by Gasteiger charge is -2.13. The number of benzene rings is 2. The second kappa shape index (κ2) is 5.64. The quantitative estimate of drug-likeness (QED) is 0.920. The van der Waals surface area contributed by atoms with Crippen LogP contribution in [0.4, 0.5) is 18.9 Å². The molecular weight excluding hydrogens is 315 g/mol. The fraction of sp³-hybridized carbons (Fsp3) is 0.200. The van der Waals surface area contributed by atoms with E-state index in [4.69, 9.17) is 0 Å². The normalized spacial score (nSPS) is 12.2. The van der Waals surface area contributed by atoms with Gasteiger partial charge in [0.2, 0.25) is 0 Å². The monoisotopic (exact) mass is 329 g/mol. The molecule has 1 N–H and O–H groups in total. The highest BCUT2D eigenvalue weighted by Gasteiger charge is 2.30. The van der Waals surface area contributed by atoms with E-state index in [1.165, 1.54) is 12.1 Å². The van der Waals surface area contributed by atoms with Crippen LogP contribution in [0.3, 0.4) is 0 Å². The molecule has 0 aromatic heterocycles. The molecule has 118 valence electrons. The van der Waals surface area contributed by atoms with E-state index in [0.717, 1.165) is 23.8 Å². The van der Waals surface area contributed by atoms with Crippen molar-refractivity contribution in [3.8, 4) is 0 Å². The number of anilines is 1. The summed E-state index contributed by atoms with van der Waals surface area (Å²) in [5.41, 5.74) is 0.226. The lowest BCUT2D eigenvalue weighted by atomic mass is 10.2. The van der Waals surface area contributed by atoms with E-state index < -0.39 is 21.8 Å². The summed E-state index contributed by atoms with van der Waals surface area (Å²) in [5.74, 6) is 0. The summed E-state index contributed by atoms with van der Waals surface area (Å²) in [5, 5.41) is 0. The number of nitrogens with one attached hydrogen (secondary N) is 1. The predicted octanol–water partition coefficient (Wildman–Crippen LogP) is 4.12. The van der Waals surface area contributed by atoms with Gasteiger partial charge in [-0.05, 0) is 49.2 Å². The standard InChI is InChI=1S/C15H14F3NO2S/c1-10-6-7-11(2)14(8-10)22(20,21)19-13-5-3-4-12(9-13)15(16,17)18/h3-9,19H,1-2H3. The first-order valence-corrected chi connectivity index (χ1v) is 7.85. The summed E-state index contributed by atoms with van der Waals surface area (Å²) >= 11 is 0. The van der Waals surface area contributed by atoms with Gasteiger partial charge in [-0.2, -0.15) is 13.2 Å². The zero-order valence-electron chi connectivity index (χ0n) is 11.9. The summed E-state index contributed by atoms with van der Waals surface area (Å²) < 4.78 is 64.9. The van der Waals surface area contributed by atoms with Gasteiger partial charge in [0.15, 0.2) is 0 Å². The first-order chi connectivity index (χ1) is 10.1. The molecule has 22 heavy (non-hydrogen) atoms. The summed E-state index contributed by atoms with van der Waals surface area (Å²) in [6.45, 7) is 3.36. The molecule has 0 aliphatic heterocycles. The molecule has 0 atom stereocenters. The summed E-state index contributed by atoms with van der Waals surface area (Å²) in [6, 6.07) is 8.97. The van der Waals surface area contributed by atoms with Crippen molar-refractivity contribution in [3.63, 3.8) is 0 Å². The molecule has 0 unspecified atom stereocenters. The summed E-state index contributed by atoms with van der Waals surface area (Å²) in [7, 11) is -3.95. The number of sulfonamides is 1. The molecule has 0 saturated carbocycles. The predicted molar refractivity (Wildman–Crippen MR) is 78.2 cm³/mol. The van der Waals surface area contributed by atoms with Gasteiger partial charge in [0.1, 0.15) is 0 Å². The van der Waals surface area contributed by atoms with Gasteiger partial charge in [0.05, 0.1) is 10.5 Å². The second-order valence-electron chi connectivity index (χ2n) is 4.95. The topological polar surface area (TPSA) is 46.2 Å². The Morgan fingerprint density at radius 1 is 1.00 bits per heavy atom. The molecule has 2 aromatic carbocycles. The third-order valence-corrected chi connectivity index (χ3v) is 4.60. The van der Waals surface area contributed by atoms with Crippen LogP contribution in [0, 0.1) is 13.8 Å². The minimum Gasteiger partial charge on any atom is -0.280 e. The number of alkyl halides is 3. The number of aryl methyl sites for hydroxylation is 2. The van der Waals surface area contributed by atoms with Crippen LogP contribution in [-0.4, -0.2) is 8.42 Å². The van der Waals surface area contributed by atoms with E-state index in [2.05, 4.69) is 4.72 Å². The van der Waals surface area contributed by atoms with Crippen molar-refractivity contribution in [2.75, 3.05) is 4.72 Å². The first-order valence-electron chi connectivity index (χ1n) is 6.37. The average Bonchev–Trinajstić information content (AvgIpc) is 2.40. The van der Waals surface area contributed by atoms with Crippen molar-refractivity contribution in [2.45, 2.75) is 24.9 Å². The van der Waals surface area contributed by atoms with E-state index >= 15 is 0 Å². The van der Waals surface area contributed by atoms with E-state index in [-0.39, 0.29) is 10.6 Å². The van der Waals surface area contributed by atoms with Gasteiger partial charge in [0.25, 0.3) is 10.0 Å². The molecule has 0 aliphatic carbocycles. The number of halogens is 3. The molecule has 0 bridgehead atoms. The number of rotatable bonds is 3. The van der Waals surface area contributed by atoms with E-state index in [0.29, 0.717) is 5.56 Å². The van der Waals surface area contributed by atoms with Gasteiger partial charge >= 0.3 is 6.18 Å². The maximum absolute atomic E-state index is 12.7. The molecule has 0 amide bonds. The molecule has 2 aromatic rings. The van der Waals surface area contributed by atoms with Gasteiger partial charge < -0.3 is 0 Å². The van der Waals surface area contributed by atoms with Gasteiger partial charge in [-0.15, -0.1) is 0 Å². The van der Waals surface area contributed by atoms with Crippen molar-refractivity contribution < 1.29 is 21.6 Å². The molecule has 0 saturated heterocycles. The van der Waals surface area contributed by atoms with Crippen LogP contribution in [0.15, 0.2) is 47.4 Å². The number of hydrogen-bond acceptors (Lipinski definition) is 2. The Labute approximate surface area is 126 Å². The highest BCUT2D eigenvalue weighted by Crippen LogP contribution is 2.31. The van der Waals surface area contributed by atoms with Crippen molar-refractivity contribution >= 4 is 15.7 Å². The zero-order valence-corrected chi connectivity index (χ0v) is 12.7. The minimum absolute atomic E-state index is 0.0462. The lowest BCUT2D eigenvalue weighted by Crippen LogP contribution is -2.15. The summed E-state index contributed by atoms with van der Waals surface area (Å²) in [6.07, 6.45) is -4.53. The van der Waals surface area contributed by atoms with Crippen molar-refractivity contribution in [1.82, 2.24) is 0 Å². The Hall–Kier alpha value is -2.02. The van der Waals surface area contributed by atoms with Gasteiger partial charge in [0, 0.05) is 5.69 Å². The molecule has 0 aliphatic rings. The molecule has 0 fully saturated rings. The maximum Gasteiger partial charge on any atom is 0.416 e. The Morgan fingerprint density at radius 2 is 1.68 bits per heavy atom. The van der Waals surface area contributed by atoms with E-state index in [1.54, 1.807) is 26.0 Å². The van der Waals surface area contributed by atoms with Crippen molar-refractivity contribution in [1.29, 1.82) is 0 Å². The molecule has 0 spiro atoms. The maximum atomic E-state index is 12.7. The van der Waals surface area contributed by atoms with Gasteiger partial charge in [-0.3, -0.25) is 4.72 Å². The molecule has 3 nitrogen and oxygen atoms in total. The molecular formula is C15H14F3NO2S. The molecule has 2 rings (SSSR count). The van der Waals surface area contributed by atoms with Crippen LogP contribution in [0.5, 0.6) is 0 Å². The van der Waals surface area contributed by atoms with Crippen LogP contribution >= 0.6 is 0 Å². The SMILES string of the molecule is Cc1ccc(C)c(S(=O)(=O)Nc2cccc(C(F)(F)F)c2)c1. The third-order valence-electron chi connectivity index (χ3n) is 3.08. The Bertz CT molecular complexity index is 799. The highest BCUT2D eigenvalue weighted by atomic mass is 32.2. The fourth-order valence-electron chi connectivity index (χ4n) is 1.97. The summed E-state index contributed by atoms with van der Waals surface area (Å²) in [4.78, 5) is 0.0462. The Morgan fingerprint density at radius 3 is 2.32 bits per heavy atom. The van der Waals surface area contributed by atoms with Crippen LogP contribution in [0.1, 0.15) is 16.7 Å². The molecule has 0 heterocycles. The third kappa shape index (κ3) is 3.59. The van der Waals surface area contributed by atoms with Crippen LogP contribution in [0.25, 0.3) is 0 Å². The second-order valence-corrected chi connectivity index (χ2v) is 6.60. The average molecular weight is 329 g/mol. The van der Waals surface area contributed by atoms with Crippen molar-refractivity contribution in [3.05, 3.63) is 59.2 Å². The number of hydrogen-bond donors (Lipinski definition) is 1. The lowest BCUT2D eigenvalue weighted by molar-refractivity contribution is -0.137. The minimum atomic E-state index is -4.53. The molecule has 0 radical (unpaired) electrons. The smallest absolute Gasteiger partial charge is 0.280 e. The Balaban J connectivity index is 2.39. The zero-order chi connectivity index (χ0) is 16.5. The van der Waals surface area contributed by atoms with Gasteiger partial charge in [-0.1, -0.05) is 18.2 Å². The van der Waals surface area contributed by atoms with Crippen LogP contribution < -0.4 is 4.72 Å². The Kier molecular flexibility index (Phi) is 4.19. The largest absolute Gasteiger partial charge is 0.416 e. The van der Waals surface area contributed by atoms with E-state index in [9.17, 15) is 21.6 Å². The van der Waals surface area contributed by atoms with E-state index in [1.807, 2.05) is 0 Å². The van der Waals surface area contributed by atoms with Crippen molar-refractivity contribution in [2.24, 2.45) is 0 Å². The first kappa shape index (κ1) is 16.4. The van der Waals surface area contributed by atoms with Crippen LogP contribution in [0.2, 0.25) is 0 Å². The van der Waals surface area contributed by atoms with Crippen LogP contribution in [-0.2, 0) is 16.2 Å². The highest BCUT2D eigenvalue weighted by molar-refractivity contribution is 7.92. The van der Waals surface area contributed by atoms with Gasteiger partial charge in [-0.25, -0.2) is 8.42 Å².